The van der Waals surface area contributed by atoms with Gasteiger partial charge in [-0.15, -0.1) is 0 Å². The van der Waals surface area contributed by atoms with Crippen LogP contribution in [0.4, 0.5) is 0 Å². The molecule has 3 N–H and O–H groups in total. The molecular formula is C20H31N5O. The van der Waals surface area contributed by atoms with Crippen molar-refractivity contribution in [3.05, 3.63) is 53.6 Å². The average molecular weight is 358 g/mol. The van der Waals surface area contributed by atoms with Crippen molar-refractivity contribution in [2.24, 2.45) is 0 Å². The van der Waals surface area contributed by atoms with Crippen molar-refractivity contribution in [1.82, 2.24) is 25.5 Å². The van der Waals surface area contributed by atoms with E-state index in [1.54, 1.807) is 6.20 Å². The van der Waals surface area contributed by atoms with Crippen LogP contribution in [-0.4, -0.2) is 60.8 Å². The van der Waals surface area contributed by atoms with E-state index in [9.17, 15) is 0 Å². The van der Waals surface area contributed by atoms with Crippen LogP contribution < -0.4 is 10.6 Å². The van der Waals surface area contributed by atoms with Gasteiger partial charge in [-0.25, -0.2) is 4.98 Å². The van der Waals surface area contributed by atoms with Crippen molar-refractivity contribution in [3.8, 4) is 0 Å². The van der Waals surface area contributed by atoms with E-state index < -0.39 is 0 Å². The number of nitrogens with one attached hydrogen (secondary N) is 3. The molecule has 0 aliphatic carbocycles. The molecular weight excluding hydrogens is 326 g/mol. The molecule has 3 rings (SSSR count). The first kappa shape index (κ1) is 19.0. The Balaban J connectivity index is 1.24. The molecule has 0 radical (unpaired) electrons. The molecule has 0 saturated carbocycles. The number of ether oxygens (including phenoxy) is 1. The summed E-state index contributed by atoms with van der Waals surface area (Å²) >= 11 is 0. The van der Waals surface area contributed by atoms with Crippen LogP contribution in [0, 0.1) is 0 Å². The van der Waals surface area contributed by atoms with E-state index >= 15 is 0 Å². The number of H-pyrrole nitrogens is 1. The highest BCUT2D eigenvalue weighted by Gasteiger charge is 2.08. The van der Waals surface area contributed by atoms with Crippen molar-refractivity contribution in [3.63, 3.8) is 0 Å². The molecule has 6 nitrogen and oxygen atoms in total. The zero-order valence-corrected chi connectivity index (χ0v) is 15.5. The number of nitrogens with zero attached hydrogens (tertiary/aromatic N) is 2. The van der Waals surface area contributed by atoms with Gasteiger partial charge >= 0.3 is 0 Å². The van der Waals surface area contributed by atoms with Crippen molar-refractivity contribution >= 4 is 0 Å². The van der Waals surface area contributed by atoms with Crippen LogP contribution in [0.3, 0.4) is 0 Å². The van der Waals surface area contributed by atoms with Crippen molar-refractivity contribution in [2.75, 3.05) is 45.9 Å². The number of benzene rings is 1. The van der Waals surface area contributed by atoms with Gasteiger partial charge in [0, 0.05) is 32.0 Å². The molecule has 0 atom stereocenters. The van der Waals surface area contributed by atoms with Gasteiger partial charge in [0.1, 0.15) is 5.82 Å². The van der Waals surface area contributed by atoms with Crippen molar-refractivity contribution in [1.29, 1.82) is 0 Å². The Bertz CT molecular complexity index is 593. The number of rotatable bonds is 11. The minimum atomic E-state index is 0.791. The summed E-state index contributed by atoms with van der Waals surface area (Å²) < 4.78 is 5.38. The summed E-state index contributed by atoms with van der Waals surface area (Å²) in [7, 11) is 0. The Kier molecular flexibility index (Phi) is 8.12. The second kappa shape index (κ2) is 11.1. The van der Waals surface area contributed by atoms with E-state index in [0.717, 1.165) is 64.7 Å². The Hall–Kier alpha value is -1.73. The molecule has 1 aromatic carbocycles. The summed E-state index contributed by atoms with van der Waals surface area (Å²) in [6, 6.07) is 8.94. The third kappa shape index (κ3) is 6.88. The van der Waals surface area contributed by atoms with Crippen molar-refractivity contribution in [2.45, 2.75) is 25.9 Å². The van der Waals surface area contributed by atoms with E-state index in [1.165, 1.54) is 24.1 Å². The zero-order chi connectivity index (χ0) is 17.9. The van der Waals surface area contributed by atoms with Gasteiger partial charge in [-0.2, -0.15) is 0 Å². The topological polar surface area (TPSA) is 65.2 Å². The predicted octanol–water partition coefficient (Wildman–Crippen LogP) is 1.55. The van der Waals surface area contributed by atoms with Crippen LogP contribution in [0.2, 0.25) is 0 Å². The van der Waals surface area contributed by atoms with Crippen molar-refractivity contribution < 1.29 is 4.74 Å². The van der Waals surface area contributed by atoms with E-state index in [2.05, 4.69) is 49.8 Å². The Morgan fingerprint density at radius 1 is 1.00 bits per heavy atom. The van der Waals surface area contributed by atoms with Crippen LogP contribution in [-0.2, 0) is 24.2 Å². The molecule has 1 fully saturated rings. The Morgan fingerprint density at radius 2 is 1.77 bits per heavy atom. The molecule has 0 spiro atoms. The highest BCUT2D eigenvalue weighted by molar-refractivity contribution is 5.22. The SMILES string of the molecule is c1c[nH]c(CNCCc2ccc(CNCCCN3CCOCC3)cc2)n1. The number of morpholine rings is 1. The molecule has 0 unspecified atom stereocenters. The Morgan fingerprint density at radius 3 is 2.54 bits per heavy atom. The second-order valence-electron chi connectivity index (χ2n) is 6.76. The third-order valence-electron chi connectivity index (χ3n) is 4.72. The maximum atomic E-state index is 5.38. The predicted molar refractivity (Wildman–Crippen MR) is 104 cm³/mol. The van der Waals surface area contributed by atoms with E-state index in [0.29, 0.717) is 0 Å². The van der Waals surface area contributed by atoms with E-state index in [1.807, 2.05) is 6.20 Å². The largest absolute Gasteiger partial charge is 0.379 e. The first-order chi connectivity index (χ1) is 12.9. The summed E-state index contributed by atoms with van der Waals surface area (Å²) in [5, 5.41) is 6.96. The van der Waals surface area contributed by atoms with Crippen LogP contribution in [0.5, 0.6) is 0 Å². The first-order valence-electron chi connectivity index (χ1n) is 9.68. The highest BCUT2D eigenvalue weighted by Crippen LogP contribution is 2.05. The fourth-order valence-corrected chi connectivity index (χ4v) is 3.14. The monoisotopic (exact) mass is 357 g/mol. The fraction of sp³-hybridized carbons (Fsp3) is 0.550. The van der Waals surface area contributed by atoms with Gasteiger partial charge in [0.2, 0.25) is 0 Å². The first-order valence-corrected chi connectivity index (χ1v) is 9.68. The van der Waals surface area contributed by atoms with Crippen LogP contribution in [0.25, 0.3) is 0 Å². The normalized spacial score (nSPS) is 15.4. The minimum absolute atomic E-state index is 0.791. The standard InChI is InChI=1S/C20H31N5O/c1(11-25-12-14-26-15-13-25)7-21-16-19-4-2-18(3-5-19)6-8-22-17-20-23-9-10-24-20/h2-5,9-10,21-22H,1,6-8,11-17H2,(H,23,24). The molecule has 2 heterocycles. The lowest BCUT2D eigenvalue weighted by Gasteiger charge is -2.26. The number of hydrogen-bond acceptors (Lipinski definition) is 5. The van der Waals surface area contributed by atoms with Gasteiger partial charge in [-0.3, -0.25) is 4.90 Å². The van der Waals surface area contributed by atoms with Crippen LogP contribution in [0.15, 0.2) is 36.7 Å². The van der Waals surface area contributed by atoms with Gasteiger partial charge in [0.25, 0.3) is 0 Å². The van der Waals surface area contributed by atoms with E-state index in [-0.39, 0.29) is 0 Å². The smallest absolute Gasteiger partial charge is 0.120 e. The van der Waals surface area contributed by atoms with E-state index in [4.69, 9.17) is 4.74 Å². The highest BCUT2D eigenvalue weighted by atomic mass is 16.5. The molecule has 1 aliphatic rings. The van der Waals surface area contributed by atoms with Crippen LogP contribution in [0.1, 0.15) is 23.4 Å². The number of hydrogen-bond donors (Lipinski definition) is 3. The summed E-state index contributed by atoms with van der Waals surface area (Å²) in [4.78, 5) is 9.79. The molecule has 26 heavy (non-hydrogen) atoms. The van der Waals surface area contributed by atoms with Gasteiger partial charge in [0.05, 0.1) is 19.8 Å². The van der Waals surface area contributed by atoms with Gasteiger partial charge < -0.3 is 20.4 Å². The lowest BCUT2D eigenvalue weighted by molar-refractivity contribution is 0.0374. The van der Waals surface area contributed by atoms with Gasteiger partial charge in [0.15, 0.2) is 0 Å². The molecule has 142 valence electrons. The molecule has 0 amide bonds. The minimum Gasteiger partial charge on any atom is -0.379 e. The summed E-state index contributed by atoms with van der Waals surface area (Å²) in [6.45, 7) is 8.86. The number of imidazole rings is 1. The maximum absolute atomic E-state index is 5.38. The summed E-state index contributed by atoms with van der Waals surface area (Å²) in [6.07, 6.45) is 5.87. The third-order valence-corrected chi connectivity index (χ3v) is 4.72. The Labute approximate surface area is 156 Å². The van der Waals surface area contributed by atoms with Crippen LogP contribution >= 0.6 is 0 Å². The zero-order valence-electron chi connectivity index (χ0n) is 15.5. The fourth-order valence-electron chi connectivity index (χ4n) is 3.14. The molecule has 1 aromatic heterocycles. The molecule has 0 bridgehead atoms. The average Bonchev–Trinajstić information content (AvgIpc) is 3.20. The molecule has 1 saturated heterocycles. The quantitative estimate of drug-likeness (QED) is 0.533. The molecule has 2 aromatic rings. The summed E-state index contributed by atoms with van der Waals surface area (Å²) in [5.74, 6) is 0.986. The van der Waals surface area contributed by atoms with Gasteiger partial charge in [-0.1, -0.05) is 24.3 Å². The second-order valence-corrected chi connectivity index (χ2v) is 6.76. The van der Waals surface area contributed by atoms with Gasteiger partial charge in [-0.05, 0) is 43.6 Å². The lowest BCUT2D eigenvalue weighted by Crippen LogP contribution is -2.37. The number of aromatic nitrogens is 2. The lowest BCUT2D eigenvalue weighted by atomic mass is 10.1. The molecule has 1 aliphatic heterocycles. The molecule has 6 heteroatoms. The maximum Gasteiger partial charge on any atom is 0.120 e. The summed E-state index contributed by atoms with van der Waals surface area (Å²) in [5.41, 5.74) is 2.72. The number of aromatic amines is 1.